The highest BCUT2D eigenvalue weighted by atomic mass is 32.2. The van der Waals surface area contributed by atoms with Gasteiger partial charge in [-0.15, -0.1) is 11.3 Å². The highest BCUT2D eigenvalue weighted by molar-refractivity contribution is 7.89. The summed E-state index contributed by atoms with van der Waals surface area (Å²) in [7, 11) is -1.89. The van der Waals surface area contributed by atoms with Crippen LogP contribution in [0.2, 0.25) is 0 Å². The third-order valence-corrected chi connectivity index (χ3v) is 5.16. The number of hydrogen-bond acceptors (Lipinski definition) is 6. The Balaban J connectivity index is 2.04. The van der Waals surface area contributed by atoms with Crippen molar-refractivity contribution >= 4 is 27.0 Å². The van der Waals surface area contributed by atoms with Gasteiger partial charge in [0.1, 0.15) is 4.90 Å². The molecule has 2 rings (SSSR count). The number of pyridine rings is 1. The van der Waals surface area contributed by atoms with Gasteiger partial charge in [0.05, 0.1) is 10.7 Å². The molecular formula is C12H16N4O2S2. The summed E-state index contributed by atoms with van der Waals surface area (Å²) < 4.78 is 27.0. The fraction of sp³-hybridized carbons (Fsp3) is 0.333. The number of thiazole rings is 1. The van der Waals surface area contributed by atoms with Gasteiger partial charge in [-0.25, -0.2) is 18.1 Å². The molecule has 2 N–H and O–H groups in total. The molecule has 0 aliphatic rings. The van der Waals surface area contributed by atoms with E-state index in [-0.39, 0.29) is 4.90 Å². The van der Waals surface area contributed by atoms with Crippen LogP contribution < -0.4 is 10.0 Å². The maximum Gasteiger partial charge on any atom is 0.244 e. The number of anilines is 1. The topological polar surface area (TPSA) is 84.0 Å². The third kappa shape index (κ3) is 3.53. The van der Waals surface area contributed by atoms with Crippen LogP contribution in [0, 0.1) is 6.92 Å². The van der Waals surface area contributed by atoms with E-state index < -0.39 is 10.0 Å². The SMILES string of the molecule is CNc1ccncc1S(=O)(=O)NCCc1nc(C)cs1. The summed E-state index contributed by atoms with van der Waals surface area (Å²) in [5.74, 6) is 0. The lowest BCUT2D eigenvalue weighted by atomic mass is 10.4. The van der Waals surface area contributed by atoms with E-state index in [0.29, 0.717) is 18.7 Å². The monoisotopic (exact) mass is 312 g/mol. The van der Waals surface area contributed by atoms with Gasteiger partial charge in [-0.3, -0.25) is 4.98 Å². The lowest BCUT2D eigenvalue weighted by molar-refractivity contribution is 0.581. The van der Waals surface area contributed by atoms with Crippen molar-refractivity contribution in [2.45, 2.75) is 18.2 Å². The van der Waals surface area contributed by atoms with E-state index in [1.165, 1.54) is 17.5 Å². The normalized spacial score (nSPS) is 11.5. The van der Waals surface area contributed by atoms with Gasteiger partial charge in [0.15, 0.2) is 0 Å². The molecule has 2 aromatic rings. The zero-order valence-corrected chi connectivity index (χ0v) is 12.9. The fourth-order valence-corrected chi connectivity index (χ4v) is 3.65. The lowest BCUT2D eigenvalue weighted by Crippen LogP contribution is -2.26. The van der Waals surface area contributed by atoms with Crippen molar-refractivity contribution in [2.75, 3.05) is 18.9 Å². The van der Waals surface area contributed by atoms with Gasteiger partial charge in [-0.2, -0.15) is 0 Å². The molecule has 108 valence electrons. The van der Waals surface area contributed by atoms with Gasteiger partial charge in [0.2, 0.25) is 10.0 Å². The summed E-state index contributed by atoms with van der Waals surface area (Å²) in [5, 5.41) is 5.71. The Morgan fingerprint density at radius 1 is 1.40 bits per heavy atom. The zero-order chi connectivity index (χ0) is 14.6. The second-order valence-corrected chi connectivity index (χ2v) is 6.83. The van der Waals surface area contributed by atoms with E-state index in [9.17, 15) is 8.42 Å². The molecule has 0 aliphatic heterocycles. The van der Waals surface area contributed by atoms with Crippen LogP contribution in [0.4, 0.5) is 5.69 Å². The Morgan fingerprint density at radius 2 is 2.20 bits per heavy atom. The molecule has 2 aromatic heterocycles. The average molecular weight is 312 g/mol. The van der Waals surface area contributed by atoms with E-state index >= 15 is 0 Å². The van der Waals surface area contributed by atoms with Gasteiger partial charge >= 0.3 is 0 Å². The summed E-state index contributed by atoms with van der Waals surface area (Å²) in [5.41, 5.74) is 1.48. The Morgan fingerprint density at radius 3 is 2.85 bits per heavy atom. The predicted octanol–water partition coefficient (Wildman–Crippen LogP) is 1.41. The van der Waals surface area contributed by atoms with Crippen molar-refractivity contribution in [1.29, 1.82) is 0 Å². The first-order valence-electron chi connectivity index (χ1n) is 6.05. The Bertz CT molecular complexity index is 682. The largest absolute Gasteiger partial charge is 0.387 e. The molecule has 20 heavy (non-hydrogen) atoms. The number of aromatic nitrogens is 2. The molecule has 0 unspecified atom stereocenters. The van der Waals surface area contributed by atoms with Gasteiger partial charge in [0, 0.05) is 43.5 Å². The van der Waals surface area contributed by atoms with Crippen LogP contribution in [0.3, 0.4) is 0 Å². The average Bonchev–Trinajstić information content (AvgIpc) is 2.84. The van der Waals surface area contributed by atoms with Crippen LogP contribution in [0.1, 0.15) is 10.7 Å². The van der Waals surface area contributed by atoms with Crippen LogP contribution in [0.5, 0.6) is 0 Å². The smallest absolute Gasteiger partial charge is 0.244 e. The molecule has 0 amide bonds. The van der Waals surface area contributed by atoms with Gasteiger partial charge in [-0.1, -0.05) is 0 Å². The standard InChI is InChI=1S/C12H16N4O2S2/c1-9-8-19-12(16-9)4-6-15-20(17,18)11-7-14-5-3-10(11)13-2/h3,5,7-8,15H,4,6H2,1-2H3,(H,13,14). The summed E-state index contributed by atoms with van der Waals surface area (Å²) in [6, 6.07) is 1.62. The van der Waals surface area contributed by atoms with Crippen LogP contribution >= 0.6 is 11.3 Å². The van der Waals surface area contributed by atoms with Gasteiger partial charge < -0.3 is 5.32 Å². The fourth-order valence-electron chi connectivity index (χ4n) is 1.69. The van der Waals surface area contributed by atoms with E-state index in [1.807, 2.05) is 12.3 Å². The first-order valence-corrected chi connectivity index (χ1v) is 8.41. The number of hydrogen-bond donors (Lipinski definition) is 2. The summed E-state index contributed by atoms with van der Waals surface area (Å²) in [4.78, 5) is 8.31. The van der Waals surface area contributed by atoms with Crippen LogP contribution in [-0.4, -0.2) is 32.0 Å². The van der Waals surface area contributed by atoms with E-state index in [0.717, 1.165) is 10.7 Å². The van der Waals surface area contributed by atoms with E-state index in [1.54, 1.807) is 19.3 Å². The molecule has 0 bridgehead atoms. The minimum absolute atomic E-state index is 0.151. The summed E-state index contributed by atoms with van der Waals surface area (Å²) >= 11 is 1.53. The molecule has 2 heterocycles. The highest BCUT2D eigenvalue weighted by Gasteiger charge is 2.17. The van der Waals surface area contributed by atoms with Crippen molar-refractivity contribution < 1.29 is 8.42 Å². The quantitative estimate of drug-likeness (QED) is 0.842. The number of aryl methyl sites for hydroxylation is 1. The Kier molecular flexibility index (Phi) is 4.69. The minimum Gasteiger partial charge on any atom is -0.387 e. The van der Waals surface area contributed by atoms with Crippen molar-refractivity contribution in [2.24, 2.45) is 0 Å². The van der Waals surface area contributed by atoms with Crippen LogP contribution in [-0.2, 0) is 16.4 Å². The van der Waals surface area contributed by atoms with Crippen LogP contribution in [0.15, 0.2) is 28.7 Å². The minimum atomic E-state index is -3.56. The number of nitrogens with one attached hydrogen (secondary N) is 2. The second-order valence-electron chi connectivity index (χ2n) is 4.15. The Hall–Kier alpha value is -1.51. The van der Waals surface area contributed by atoms with E-state index in [4.69, 9.17) is 0 Å². The number of rotatable bonds is 6. The molecule has 0 spiro atoms. The molecule has 6 nitrogen and oxygen atoms in total. The molecule has 0 aliphatic carbocycles. The molecule has 0 fully saturated rings. The second kappa shape index (κ2) is 6.29. The van der Waals surface area contributed by atoms with Crippen molar-refractivity contribution in [3.05, 3.63) is 34.5 Å². The van der Waals surface area contributed by atoms with Crippen molar-refractivity contribution in [3.8, 4) is 0 Å². The van der Waals surface area contributed by atoms with Crippen LogP contribution in [0.25, 0.3) is 0 Å². The molecule has 0 atom stereocenters. The molecule has 0 aromatic carbocycles. The third-order valence-electron chi connectivity index (χ3n) is 2.64. The summed E-state index contributed by atoms with van der Waals surface area (Å²) in [6.45, 7) is 2.23. The maximum absolute atomic E-state index is 12.2. The molecule has 0 saturated heterocycles. The predicted molar refractivity (Wildman–Crippen MR) is 79.5 cm³/mol. The van der Waals surface area contributed by atoms with Gasteiger partial charge in [0.25, 0.3) is 0 Å². The highest BCUT2D eigenvalue weighted by Crippen LogP contribution is 2.18. The van der Waals surface area contributed by atoms with Crippen molar-refractivity contribution in [3.63, 3.8) is 0 Å². The molecule has 0 radical (unpaired) electrons. The lowest BCUT2D eigenvalue weighted by Gasteiger charge is -2.09. The maximum atomic E-state index is 12.2. The molecular weight excluding hydrogens is 296 g/mol. The molecule has 0 saturated carbocycles. The van der Waals surface area contributed by atoms with E-state index in [2.05, 4.69) is 20.0 Å². The summed E-state index contributed by atoms with van der Waals surface area (Å²) in [6.07, 6.45) is 3.46. The number of sulfonamides is 1. The van der Waals surface area contributed by atoms with Crippen molar-refractivity contribution in [1.82, 2.24) is 14.7 Å². The number of nitrogens with zero attached hydrogens (tertiary/aromatic N) is 2. The zero-order valence-electron chi connectivity index (χ0n) is 11.3. The van der Waals surface area contributed by atoms with Gasteiger partial charge in [-0.05, 0) is 13.0 Å². The first kappa shape index (κ1) is 14.9. The first-order chi connectivity index (χ1) is 9.53. The molecule has 8 heteroatoms. The Labute approximate surface area is 122 Å².